The van der Waals surface area contributed by atoms with Crippen molar-refractivity contribution in [1.29, 1.82) is 0 Å². The molecule has 152 valence electrons. The molecular formula is C21H34N2O4. The van der Waals surface area contributed by atoms with Gasteiger partial charge in [-0.1, -0.05) is 12.1 Å². The summed E-state index contributed by atoms with van der Waals surface area (Å²) in [5.41, 5.74) is 0.780. The number of hydrogen-bond donors (Lipinski definition) is 1. The fourth-order valence-corrected chi connectivity index (χ4v) is 2.99. The molecule has 1 saturated heterocycles. The van der Waals surface area contributed by atoms with Gasteiger partial charge in [-0.05, 0) is 57.7 Å². The van der Waals surface area contributed by atoms with Crippen LogP contribution in [-0.4, -0.2) is 72.5 Å². The molecular weight excluding hydrogens is 344 g/mol. The van der Waals surface area contributed by atoms with Crippen molar-refractivity contribution < 1.29 is 19.4 Å². The van der Waals surface area contributed by atoms with Crippen LogP contribution in [-0.2, 0) is 11.2 Å². The number of aliphatic hydroxyl groups excluding tert-OH is 1. The van der Waals surface area contributed by atoms with Crippen molar-refractivity contribution >= 4 is 6.09 Å². The Kier molecular flexibility index (Phi) is 8.38. The summed E-state index contributed by atoms with van der Waals surface area (Å²) in [5, 5.41) is 8.87. The number of rotatable bonds is 8. The fraction of sp³-hybridized carbons (Fsp3) is 0.667. The maximum Gasteiger partial charge on any atom is 0.410 e. The average Bonchev–Trinajstić information content (AvgIpc) is 2.63. The van der Waals surface area contributed by atoms with E-state index < -0.39 is 5.60 Å². The Bertz CT molecular complexity index is 561. The number of amides is 1. The highest BCUT2D eigenvalue weighted by molar-refractivity contribution is 5.68. The van der Waals surface area contributed by atoms with Gasteiger partial charge in [0, 0.05) is 39.3 Å². The van der Waals surface area contributed by atoms with Crippen molar-refractivity contribution in [1.82, 2.24) is 9.80 Å². The first-order valence-corrected chi connectivity index (χ1v) is 9.90. The molecule has 6 heteroatoms. The minimum atomic E-state index is -0.442. The lowest BCUT2D eigenvalue weighted by atomic mass is 10.1. The molecule has 0 atom stereocenters. The molecule has 1 heterocycles. The molecule has 1 aliphatic rings. The van der Waals surface area contributed by atoms with Crippen molar-refractivity contribution in [3.63, 3.8) is 0 Å². The molecule has 1 fully saturated rings. The molecule has 0 unspecified atom stereocenters. The molecule has 0 saturated carbocycles. The van der Waals surface area contributed by atoms with Gasteiger partial charge in [-0.2, -0.15) is 0 Å². The smallest absolute Gasteiger partial charge is 0.410 e. The van der Waals surface area contributed by atoms with Gasteiger partial charge in [-0.15, -0.1) is 0 Å². The maximum atomic E-state index is 12.1. The Morgan fingerprint density at radius 2 is 1.74 bits per heavy atom. The molecule has 1 aromatic carbocycles. The second-order valence-electron chi connectivity index (χ2n) is 7.98. The normalized spacial score (nSPS) is 15.6. The first kappa shape index (κ1) is 21.5. The largest absolute Gasteiger partial charge is 0.494 e. The van der Waals surface area contributed by atoms with E-state index in [9.17, 15) is 4.79 Å². The molecule has 0 aliphatic carbocycles. The van der Waals surface area contributed by atoms with Crippen LogP contribution in [0.4, 0.5) is 4.79 Å². The summed E-state index contributed by atoms with van der Waals surface area (Å²) in [7, 11) is 0. The Hall–Kier alpha value is -1.79. The zero-order chi connectivity index (χ0) is 19.7. The number of carbonyl (C=O) groups excluding carboxylic acids is 1. The fourth-order valence-electron chi connectivity index (χ4n) is 2.99. The second-order valence-corrected chi connectivity index (χ2v) is 7.98. The highest BCUT2D eigenvalue weighted by atomic mass is 16.6. The molecule has 0 spiro atoms. The summed E-state index contributed by atoms with van der Waals surface area (Å²) >= 11 is 0. The molecule has 1 N–H and O–H groups in total. The quantitative estimate of drug-likeness (QED) is 0.705. The lowest BCUT2D eigenvalue weighted by Gasteiger charge is -2.35. The summed E-state index contributed by atoms with van der Waals surface area (Å²) in [6, 6.07) is 8.10. The highest BCUT2D eigenvalue weighted by Gasteiger charge is 2.25. The molecule has 2 rings (SSSR count). The summed E-state index contributed by atoms with van der Waals surface area (Å²) in [4.78, 5) is 16.2. The lowest BCUT2D eigenvalue weighted by molar-refractivity contribution is 0.0142. The number of piperazine rings is 1. The minimum absolute atomic E-state index is 0.215. The molecule has 0 aromatic heterocycles. The van der Waals surface area contributed by atoms with Crippen LogP contribution < -0.4 is 4.74 Å². The van der Waals surface area contributed by atoms with Crippen LogP contribution in [0.25, 0.3) is 0 Å². The van der Waals surface area contributed by atoms with Gasteiger partial charge in [-0.25, -0.2) is 4.79 Å². The van der Waals surface area contributed by atoms with Crippen LogP contribution in [0.15, 0.2) is 24.3 Å². The Labute approximate surface area is 163 Å². The average molecular weight is 379 g/mol. The minimum Gasteiger partial charge on any atom is -0.494 e. The van der Waals surface area contributed by atoms with Crippen molar-refractivity contribution in [2.75, 3.05) is 45.9 Å². The monoisotopic (exact) mass is 378 g/mol. The zero-order valence-corrected chi connectivity index (χ0v) is 16.9. The standard InChI is InChI=1S/C21H34N2O4/c1-21(2,3)27-20(25)23-14-12-22(13-15-23)11-5-17-26-19-9-7-18(8-10-19)6-4-16-24/h7-10,24H,4-6,11-17H2,1-3H3. The summed E-state index contributed by atoms with van der Waals surface area (Å²) < 4.78 is 11.2. The Balaban J connectivity index is 1.60. The van der Waals surface area contributed by atoms with Crippen LogP contribution in [0.2, 0.25) is 0 Å². The van der Waals surface area contributed by atoms with Crippen molar-refractivity contribution in [2.24, 2.45) is 0 Å². The number of carbonyl (C=O) groups is 1. The van der Waals surface area contributed by atoms with E-state index in [4.69, 9.17) is 14.6 Å². The van der Waals surface area contributed by atoms with Gasteiger partial charge in [-0.3, -0.25) is 4.90 Å². The van der Waals surface area contributed by atoms with Gasteiger partial charge < -0.3 is 19.5 Å². The second kappa shape index (κ2) is 10.5. The van der Waals surface area contributed by atoms with E-state index in [-0.39, 0.29) is 12.7 Å². The van der Waals surface area contributed by atoms with Gasteiger partial charge in [0.05, 0.1) is 6.61 Å². The van der Waals surface area contributed by atoms with Crippen LogP contribution in [0.1, 0.15) is 39.2 Å². The summed E-state index contributed by atoms with van der Waals surface area (Å²) in [5.74, 6) is 0.887. The maximum absolute atomic E-state index is 12.1. The number of nitrogens with zero attached hydrogens (tertiary/aromatic N) is 2. The van der Waals surface area contributed by atoms with Crippen LogP contribution in [0.5, 0.6) is 5.75 Å². The van der Waals surface area contributed by atoms with Gasteiger partial charge in [0.2, 0.25) is 0 Å². The number of benzene rings is 1. The van der Waals surface area contributed by atoms with Gasteiger partial charge >= 0.3 is 6.09 Å². The molecule has 1 aliphatic heterocycles. The third-order valence-corrected chi connectivity index (χ3v) is 4.46. The topological polar surface area (TPSA) is 62.2 Å². The summed E-state index contributed by atoms with van der Waals surface area (Å²) in [6.45, 7) is 10.7. The molecule has 0 bridgehead atoms. The van der Waals surface area contributed by atoms with Crippen molar-refractivity contribution in [3.8, 4) is 5.75 Å². The van der Waals surface area contributed by atoms with E-state index in [0.29, 0.717) is 19.7 Å². The molecule has 1 amide bonds. The highest BCUT2D eigenvalue weighted by Crippen LogP contribution is 2.14. The summed E-state index contributed by atoms with van der Waals surface area (Å²) in [6.07, 6.45) is 2.43. The van der Waals surface area contributed by atoms with E-state index in [1.807, 2.05) is 32.9 Å². The van der Waals surface area contributed by atoms with Crippen LogP contribution in [0.3, 0.4) is 0 Å². The third kappa shape index (κ3) is 8.18. The van der Waals surface area contributed by atoms with E-state index in [0.717, 1.165) is 44.6 Å². The van der Waals surface area contributed by atoms with Crippen molar-refractivity contribution in [3.05, 3.63) is 29.8 Å². The number of aliphatic hydroxyl groups is 1. The van der Waals surface area contributed by atoms with Crippen LogP contribution >= 0.6 is 0 Å². The first-order chi connectivity index (χ1) is 12.9. The lowest BCUT2D eigenvalue weighted by Crippen LogP contribution is -2.50. The van der Waals surface area contributed by atoms with Crippen LogP contribution in [0, 0.1) is 0 Å². The number of hydrogen-bond acceptors (Lipinski definition) is 5. The van der Waals surface area contributed by atoms with Gasteiger partial charge in [0.25, 0.3) is 0 Å². The molecule has 0 radical (unpaired) electrons. The van der Waals surface area contributed by atoms with Gasteiger partial charge in [0.15, 0.2) is 0 Å². The molecule has 27 heavy (non-hydrogen) atoms. The number of aryl methyl sites for hydroxylation is 1. The van der Waals surface area contributed by atoms with Crippen molar-refractivity contribution in [2.45, 2.75) is 45.6 Å². The van der Waals surface area contributed by atoms with E-state index in [2.05, 4.69) is 17.0 Å². The Morgan fingerprint density at radius 3 is 2.33 bits per heavy atom. The predicted molar refractivity (Wildman–Crippen MR) is 106 cm³/mol. The number of ether oxygens (including phenoxy) is 2. The predicted octanol–water partition coefficient (Wildman–Crippen LogP) is 2.93. The van der Waals surface area contributed by atoms with Gasteiger partial charge in [0.1, 0.15) is 11.4 Å². The SMILES string of the molecule is CC(C)(C)OC(=O)N1CCN(CCCOc2ccc(CCCO)cc2)CC1. The Morgan fingerprint density at radius 1 is 1.07 bits per heavy atom. The zero-order valence-electron chi connectivity index (χ0n) is 16.9. The first-order valence-electron chi connectivity index (χ1n) is 9.90. The third-order valence-electron chi connectivity index (χ3n) is 4.46. The van der Waals surface area contributed by atoms with E-state index in [1.54, 1.807) is 4.90 Å². The molecule has 6 nitrogen and oxygen atoms in total. The van der Waals surface area contributed by atoms with E-state index >= 15 is 0 Å². The van der Waals surface area contributed by atoms with E-state index in [1.165, 1.54) is 5.56 Å². The molecule has 1 aromatic rings.